The van der Waals surface area contributed by atoms with Gasteiger partial charge in [-0.2, -0.15) is 0 Å². The van der Waals surface area contributed by atoms with Gasteiger partial charge in [0.25, 0.3) is 11.5 Å². The van der Waals surface area contributed by atoms with Crippen molar-refractivity contribution in [3.05, 3.63) is 94.0 Å². The van der Waals surface area contributed by atoms with Gasteiger partial charge in [0.1, 0.15) is 22.9 Å². The molecule has 0 saturated heterocycles. The van der Waals surface area contributed by atoms with E-state index in [0.29, 0.717) is 45.3 Å². The van der Waals surface area contributed by atoms with Crippen LogP contribution in [0.25, 0.3) is 22.0 Å². The summed E-state index contributed by atoms with van der Waals surface area (Å²) in [6.07, 6.45) is 3.09. The number of benzene rings is 1. The summed E-state index contributed by atoms with van der Waals surface area (Å²) < 4.78 is 12.6. The predicted octanol–water partition coefficient (Wildman–Crippen LogP) is 3.95. The topological polar surface area (TPSA) is 138 Å². The molecule has 0 aliphatic carbocycles. The van der Waals surface area contributed by atoms with Gasteiger partial charge in [-0.3, -0.25) is 14.6 Å². The number of hydrogen-bond donors (Lipinski definition) is 2. The molecule has 0 atom stereocenters. The largest absolute Gasteiger partial charge is 0.496 e. The molecule has 0 radical (unpaired) electrons. The molecular weight excluding hydrogens is 472 g/mol. The van der Waals surface area contributed by atoms with E-state index in [-0.39, 0.29) is 12.1 Å². The molecule has 0 aliphatic heterocycles. The Balaban J connectivity index is 1.72. The second kappa shape index (κ2) is 9.57. The summed E-state index contributed by atoms with van der Waals surface area (Å²) in [4.78, 5) is 35.3. The summed E-state index contributed by atoms with van der Waals surface area (Å²) in [5, 5.41) is 7.45. The van der Waals surface area contributed by atoms with Crippen LogP contribution in [-0.4, -0.2) is 32.7 Å². The molecule has 0 spiro atoms. The second-order valence-corrected chi connectivity index (χ2v) is 8.51. The zero-order valence-corrected chi connectivity index (χ0v) is 20.5. The molecule has 1 aromatic carbocycles. The quantitative estimate of drug-likeness (QED) is 0.360. The highest BCUT2D eigenvalue weighted by molar-refractivity contribution is 6.06. The first-order valence-corrected chi connectivity index (χ1v) is 11.5. The molecule has 0 saturated carbocycles. The Morgan fingerprint density at radius 3 is 2.62 bits per heavy atom. The van der Waals surface area contributed by atoms with Crippen LogP contribution in [0.1, 0.15) is 27.5 Å². The molecule has 5 rings (SSSR count). The maximum Gasteiger partial charge on any atom is 0.264 e. The first-order chi connectivity index (χ1) is 17.9. The van der Waals surface area contributed by atoms with Gasteiger partial charge in [-0.05, 0) is 50.2 Å². The van der Waals surface area contributed by atoms with Crippen molar-refractivity contribution < 1.29 is 14.1 Å². The Morgan fingerprint density at radius 2 is 1.97 bits per heavy atom. The smallest absolute Gasteiger partial charge is 0.264 e. The highest BCUT2D eigenvalue weighted by Crippen LogP contribution is 2.37. The van der Waals surface area contributed by atoms with Crippen molar-refractivity contribution in [2.45, 2.75) is 20.4 Å². The number of nitrogens with one attached hydrogen (secondary N) is 1. The number of rotatable bonds is 6. The molecule has 5 aromatic rings. The second-order valence-electron chi connectivity index (χ2n) is 8.51. The zero-order valence-electron chi connectivity index (χ0n) is 20.5. The molecule has 0 aliphatic rings. The van der Waals surface area contributed by atoms with E-state index in [4.69, 9.17) is 15.0 Å². The predicted molar refractivity (Wildman–Crippen MR) is 140 cm³/mol. The number of aryl methyl sites for hydroxylation is 2. The molecule has 37 heavy (non-hydrogen) atoms. The van der Waals surface area contributed by atoms with Gasteiger partial charge in [0, 0.05) is 23.2 Å². The van der Waals surface area contributed by atoms with Crippen molar-refractivity contribution >= 4 is 28.3 Å². The number of hydrogen-bond acceptors (Lipinski definition) is 8. The van der Waals surface area contributed by atoms with E-state index in [1.165, 1.54) is 10.8 Å². The molecule has 0 bridgehead atoms. The number of ether oxygens (including phenoxy) is 1. The molecule has 3 N–H and O–H groups in total. The van der Waals surface area contributed by atoms with E-state index in [2.05, 4.69) is 20.4 Å². The van der Waals surface area contributed by atoms with Crippen LogP contribution < -0.4 is 21.3 Å². The maximum absolute atomic E-state index is 13.7. The average molecular weight is 497 g/mol. The summed E-state index contributed by atoms with van der Waals surface area (Å²) in [7, 11) is 1.56. The first kappa shape index (κ1) is 23.7. The summed E-state index contributed by atoms with van der Waals surface area (Å²) >= 11 is 0. The third-order valence-corrected chi connectivity index (χ3v) is 6.05. The minimum absolute atomic E-state index is 0.0323. The molecule has 0 unspecified atom stereocenters. The van der Waals surface area contributed by atoms with E-state index >= 15 is 0 Å². The van der Waals surface area contributed by atoms with E-state index in [1.54, 1.807) is 43.6 Å². The lowest BCUT2D eigenvalue weighted by molar-refractivity contribution is 0.102. The number of nitrogens with two attached hydrogens (primary N) is 1. The third-order valence-electron chi connectivity index (χ3n) is 6.05. The van der Waals surface area contributed by atoms with Crippen LogP contribution in [0.2, 0.25) is 0 Å². The number of carbonyl (C=O) groups excluding carboxylic acids is 1. The summed E-state index contributed by atoms with van der Waals surface area (Å²) in [6, 6.07) is 13.9. The molecule has 1 amide bonds. The van der Waals surface area contributed by atoms with E-state index in [9.17, 15) is 9.59 Å². The molecule has 186 valence electrons. The van der Waals surface area contributed by atoms with Crippen LogP contribution in [0.3, 0.4) is 0 Å². The van der Waals surface area contributed by atoms with Crippen LogP contribution in [0.5, 0.6) is 5.75 Å². The monoisotopic (exact) mass is 496 g/mol. The van der Waals surface area contributed by atoms with Gasteiger partial charge >= 0.3 is 0 Å². The molecule has 0 fully saturated rings. The van der Waals surface area contributed by atoms with Crippen molar-refractivity contribution in [1.82, 2.24) is 19.7 Å². The number of aromatic nitrogens is 4. The number of pyridine rings is 3. The van der Waals surface area contributed by atoms with Crippen LogP contribution in [-0.2, 0) is 6.54 Å². The number of nitrogen functional groups attached to an aromatic ring is 1. The number of fused-ring (bicyclic) bond motifs is 1. The lowest BCUT2D eigenvalue weighted by Crippen LogP contribution is -2.30. The van der Waals surface area contributed by atoms with Gasteiger partial charge in [0.2, 0.25) is 0 Å². The maximum atomic E-state index is 13.7. The van der Waals surface area contributed by atoms with Crippen LogP contribution >= 0.6 is 0 Å². The standard InChI is InChI=1S/C27H24N6O4/c1-15-25(16(2)37-32-15)20-10-17-11-21(26(34)31-18-7-8-24(28)30-13-18)27(35)33(22(17)12-23(20)36-3)14-19-6-4-5-9-29-19/h4-13H,14H2,1-3H3,(H2,28,30)(H,31,34). The lowest BCUT2D eigenvalue weighted by Gasteiger charge is -2.16. The lowest BCUT2D eigenvalue weighted by atomic mass is 9.99. The molecule has 4 heterocycles. The van der Waals surface area contributed by atoms with Crippen molar-refractivity contribution in [2.75, 3.05) is 18.2 Å². The van der Waals surface area contributed by atoms with Crippen molar-refractivity contribution in [3.8, 4) is 16.9 Å². The van der Waals surface area contributed by atoms with Crippen molar-refractivity contribution in [3.63, 3.8) is 0 Å². The summed E-state index contributed by atoms with van der Waals surface area (Å²) in [6.45, 7) is 3.83. The Hall–Kier alpha value is -4.99. The van der Waals surface area contributed by atoms with Gasteiger partial charge in [0.05, 0.1) is 48.0 Å². The number of amides is 1. The minimum atomic E-state index is -0.567. The van der Waals surface area contributed by atoms with Crippen LogP contribution in [0, 0.1) is 13.8 Å². The van der Waals surface area contributed by atoms with Gasteiger partial charge in [-0.25, -0.2) is 4.98 Å². The number of carbonyl (C=O) groups is 1. The Morgan fingerprint density at radius 1 is 1.14 bits per heavy atom. The zero-order chi connectivity index (χ0) is 26.1. The number of nitrogens with zero attached hydrogens (tertiary/aromatic N) is 4. The minimum Gasteiger partial charge on any atom is -0.496 e. The number of methoxy groups -OCH3 is 1. The van der Waals surface area contributed by atoms with E-state index in [0.717, 1.165) is 11.1 Å². The van der Waals surface area contributed by atoms with Gasteiger partial charge in [-0.1, -0.05) is 11.2 Å². The average Bonchev–Trinajstić information content (AvgIpc) is 3.24. The Bertz CT molecular complexity index is 1650. The van der Waals surface area contributed by atoms with Gasteiger partial charge in [0.15, 0.2) is 0 Å². The highest BCUT2D eigenvalue weighted by atomic mass is 16.5. The molecule has 4 aromatic heterocycles. The van der Waals surface area contributed by atoms with E-state index < -0.39 is 11.5 Å². The fourth-order valence-electron chi connectivity index (χ4n) is 4.29. The SMILES string of the molecule is COc1cc2c(cc1-c1c(C)noc1C)cc(C(=O)Nc1ccc(N)nc1)c(=O)n2Cc1ccccn1. The first-order valence-electron chi connectivity index (χ1n) is 11.5. The third kappa shape index (κ3) is 4.52. The van der Waals surface area contributed by atoms with Crippen molar-refractivity contribution in [1.29, 1.82) is 0 Å². The van der Waals surface area contributed by atoms with Gasteiger partial charge < -0.3 is 24.9 Å². The van der Waals surface area contributed by atoms with Crippen LogP contribution in [0.4, 0.5) is 11.5 Å². The summed E-state index contributed by atoms with van der Waals surface area (Å²) in [5.41, 5.74) is 9.05. The normalized spacial score (nSPS) is 11.0. The fourth-order valence-corrected chi connectivity index (χ4v) is 4.29. The van der Waals surface area contributed by atoms with Gasteiger partial charge in [-0.15, -0.1) is 0 Å². The Kier molecular flexibility index (Phi) is 6.14. The van der Waals surface area contributed by atoms with Crippen molar-refractivity contribution in [2.24, 2.45) is 0 Å². The fraction of sp³-hybridized carbons (Fsp3) is 0.148. The molecule has 10 heteroatoms. The Labute approximate surface area is 211 Å². The summed E-state index contributed by atoms with van der Waals surface area (Å²) in [5.74, 6) is 0.928. The number of anilines is 2. The van der Waals surface area contributed by atoms with E-state index in [1.807, 2.05) is 32.0 Å². The highest BCUT2D eigenvalue weighted by Gasteiger charge is 2.21. The molecule has 10 nitrogen and oxygen atoms in total. The molecular formula is C27H24N6O4. The van der Waals surface area contributed by atoms with Crippen LogP contribution in [0.15, 0.2) is 70.2 Å².